The Morgan fingerprint density at radius 1 is 0.915 bits per heavy atom. The number of likely N-dealkylation sites (N-methyl/N-ethyl adjacent to an activating group) is 2. The van der Waals surface area contributed by atoms with Crippen molar-refractivity contribution in [3.05, 3.63) is 35.9 Å². The zero-order chi connectivity index (χ0) is 34.6. The Morgan fingerprint density at radius 3 is 2.17 bits per heavy atom. The van der Waals surface area contributed by atoms with Crippen molar-refractivity contribution in [2.75, 3.05) is 33.2 Å². The zero-order valence-corrected chi connectivity index (χ0v) is 28.8. The van der Waals surface area contributed by atoms with Gasteiger partial charge in [-0.25, -0.2) is 0 Å². The normalized spacial score (nSPS) is 16.6. The van der Waals surface area contributed by atoms with Gasteiger partial charge in [0.2, 0.25) is 17.7 Å². The molecule has 47 heavy (non-hydrogen) atoms. The molecular formula is C38H58N4O5. The van der Waals surface area contributed by atoms with E-state index in [2.05, 4.69) is 41.2 Å². The molecule has 1 aliphatic carbocycles. The second kappa shape index (κ2) is 22.2. The maximum Gasteiger partial charge on any atom is 0.242 e. The summed E-state index contributed by atoms with van der Waals surface area (Å²) >= 11 is 0. The van der Waals surface area contributed by atoms with Crippen molar-refractivity contribution < 1.29 is 24.6 Å². The molecule has 1 fully saturated rings. The monoisotopic (exact) mass is 650 g/mol. The predicted octanol–water partition coefficient (Wildman–Crippen LogP) is 3.52. The highest BCUT2D eigenvalue weighted by atomic mass is 16.3. The van der Waals surface area contributed by atoms with E-state index in [1.165, 1.54) is 6.42 Å². The van der Waals surface area contributed by atoms with Gasteiger partial charge < -0.3 is 30.6 Å². The molecule has 4 N–H and O–H groups in total. The van der Waals surface area contributed by atoms with E-state index < -0.39 is 42.0 Å². The van der Waals surface area contributed by atoms with Gasteiger partial charge in [-0.2, -0.15) is 0 Å². The fraction of sp³-hybridized carbons (Fsp3) is 0.658. The Balaban J connectivity index is 2.24. The highest BCUT2D eigenvalue weighted by molar-refractivity contribution is 5.91. The van der Waals surface area contributed by atoms with Crippen LogP contribution in [0.25, 0.3) is 0 Å². The second-order valence-corrected chi connectivity index (χ2v) is 12.9. The van der Waals surface area contributed by atoms with Crippen LogP contribution in [-0.4, -0.2) is 95.3 Å². The number of aliphatic hydroxyl groups excluding tert-OH is 2. The number of benzene rings is 1. The molecule has 1 aliphatic rings. The summed E-state index contributed by atoms with van der Waals surface area (Å²) in [6.07, 6.45) is 15.8. The molecule has 0 radical (unpaired) electrons. The summed E-state index contributed by atoms with van der Waals surface area (Å²) in [5.41, 5.74) is 0.910. The van der Waals surface area contributed by atoms with Crippen LogP contribution in [0.5, 0.6) is 0 Å². The molecule has 0 aromatic heterocycles. The fourth-order valence-corrected chi connectivity index (χ4v) is 6.28. The minimum atomic E-state index is -1.21. The van der Waals surface area contributed by atoms with E-state index in [4.69, 9.17) is 12.8 Å². The topological polar surface area (TPSA) is 122 Å². The number of carbonyl (C=O) groups is 3. The Labute approximate surface area is 283 Å². The first-order valence-corrected chi connectivity index (χ1v) is 17.5. The molecule has 0 bridgehead atoms. The summed E-state index contributed by atoms with van der Waals surface area (Å²) in [4.78, 5) is 44.9. The molecule has 5 atom stereocenters. The standard InChI is InChI=1S/C38H58N4O5/c1-6-10-22-32(38(47)40-33(27-30-20-16-13-17-21-30)36(45)34(43)23-11-7-2)39-37(46)31(26-29-18-14-12-15-19-29)28-35(44)41(5)24-25-42(8-3)9-4/h1-2,12,14-15,18-19,30-34,36,43,45H,8-11,13,16-17,20-28H2,3-5H3,(H,39,46)(H,40,47)/t31?,32-,33?,34?,36+/m0/s1. The lowest BCUT2D eigenvalue weighted by molar-refractivity contribution is -0.137. The smallest absolute Gasteiger partial charge is 0.242 e. The Kier molecular flexibility index (Phi) is 18.8. The Hall–Kier alpha value is -3.37. The van der Waals surface area contributed by atoms with Gasteiger partial charge in [0.1, 0.15) is 12.1 Å². The fourth-order valence-electron chi connectivity index (χ4n) is 6.28. The zero-order valence-electron chi connectivity index (χ0n) is 28.8. The molecule has 0 spiro atoms. The molecule has 2 rings (SSSR count). The van der Waals surface area contributed by atoms with Crippen LogP contribution in [0.4, 0.5) is 0 Å². The molecule has 1 saturated carbocycles. The number of hydrogen-bond donors (Lipinski definition) is 4. The van der Waals surface area contributed by atoms with Gasteiger partial charge in [-0.05, 0) is 50.3 Å². The minimum Gasteiger partial charge on any atom is -0.390 e. The largest absolute Gasteiger partial charge is 0.390 e. The van der Waals surface area contributed by atoms with Crippen molar-refractivity contribution in [1.82, 2.24) is 20.4 Å². The number of amides is 3. The SMILES string of the molecule is C#CCCC(O)[C@H](O)C(CC1CCCCC1)NC(=O)[C@H](CCC#C)NC(=O)C(CC(=O)N(C)CCN(CC)CC)Cc1ccccc1. The van der Waals surface area contributed by atoms with Gasteiger partial charge in [0, 0.05) is 39.4 Å². The lowest BCUT2D eigenvalue weighted by atomic mass is 9.82. The molecular weight excluding hydrogens is 592 g/mol. The van der Waals surface area contributed by atoms with Crippen molar-refractivity contribution in [1.29, 1.82) is 0 Å². The number of nitrogens with one attached hydrogen (secondary N) is 2. The number of aliphatic hydroxyl groups is 2. The van der Waals surface area contributed by atoms with Crippen LogP contribution in [0.15, 0.2) is 30.3 Å². The lowest BCUT2D eigenvalue weighted by Crippen LogP contribution is -2.56. The first kappa shape index (κ1) is 39.8. The van der Waals surface area contributed by atoms with Gasteiger partial charge >= 0.3 is 0 Å². The average Bonchev–Trinajstić information content (AvgIpc) is 3.09. The summed E-state index contributed by atoms with van der Waals surface area (Å²) < 4.78 is 0. The van der Waals surface area contributed by atoms with Gasteiger partial charge in [0.05, 0.1) is 18.1 Å². The van der Waals surface area contributed by atoms with E-state index in [1.807, 2.05) is 30.3 Å². The first-order valence-electron chi connectivity index (χ1n) is 17.5. The van der Waals surface area contributed by atoms with Crippen molar-refractivity contribution in [3.63, 3.8) is 0 Å². The highest BCUT2D eigenvalue weighted by Crippen LogP contribution is 2.29. The third-order valence-corrected chi connectivity index (χ3v) is 9.43. The van der Waals surface area contributed by atoms with Gasteiger partial charge in [-0.3, -0.25) is 14.4 Å². The van der Waals surface area contributed by atoms with Crippen molar-refractivity contribution >= 4 is 17.7 Å². The number of nitrogens with zero attached hydrogens (tertiary/aromatic N) is 2. The molecule has 1 aromatic carbocycles. The van der Waals surface area contributed by atoms with Crippen LogP contribution in [0, 0.1) is 36.5 Å². The van der Waals surface area contributed by atoms with Crippen molar-refractivity contribution in [2.24, 2.45) is 11.8 Å². The van der Waals surface area contributed by atoms with E-state index in [-0.39, 0.29) is 31.6 Å². The summed E-state index contributed by atoms with van der Waals surface area (Å²) in [5.74, 6) is 3.61. The lowest BCUT2D eigenvalue weighted by Gasteiger charge is -2.33. The molecule has 9 nitrogen and oxygen atoms in total. The number of hydrogen-bond acceptors (Lipinski definition) is 6. The van der Waals surface area contributed by atoms with Crippen LogP contribution in [0.1, 0.15) is 90.0 Å². The average molecular weight is 651 g/mol. The third-order valence-electron chi connectivity index (χ3n) is 9.43. The van der Waals surface area contributed by atoms with E-state index >= 15 is 0 Å². The highest BCUT2D eigenvalue weighted by Gasteiger charge is 2.34. The molecule has 0 saturated heterocycles. The predicted molar refractivity (Wildman–Crippen MR) is 187 cm³/mol. The van der Waals surface area contributed by atoms with Crippen LogP contribution >= 0.6 is 0 Å². The van der Waals surface area contributed by atoms with Crippen LogP contribution < -0.4 is 10.6 Å². The van der Waals surface area contributed by atoms with E-state index in [0.29, 0.717) is 31.7 Å². The molecule has 0 heterocycles. The van der Waals surface area contributed by atoms with Crippen molar-refractivity contribution in [3.8, 4) is 24.7 Å². The van der Waals surface area contributed by atoms with Crippen LogP contribution in [-0.2, 0) is 20.8 Å². The molecule has 3 unspecified atom stereocenters. The molecule has 9 heteroatoms. The van der Waals surface area contributed by atoms with Crippen molar-refractivity contribution in [2.45, 2.75) is 115 Å². The molecule has 260 valence electrons. The van der Waals surface area contributed by atoms with E-state index in [1.54, 1.807) is 11.9 Å². The number of terminal acetylenes is 2. The summed E-state index contributed by atoms with van der Waals surface area (Å²) in [5, 5.41) is 27.7. The van der Waals surface area contributed by atoms with Gasteiger partial charge in [0.15, 0.2) is 0 Å². The molecule has 0 aliphatic heterocycles. The summed E-state index contributed by atoms with van der Waals surface area (Å²) in [6, 6.07) is 7.82. The van der Waals surface area contributed by atoms with Gasteiger partial charge in [-0.15, -0.1) is 24.7 Å². The maximum atomic E-state index is 13.9. The first-order chi connectivity index (χ1) is 22.6. The Bertz CT molecular complexity index is 1150. The molecule has 3 amide bonds. The Morgan fingerprint density at radius 2 is 1.55 bits per heavy atom. The number of rotatable bonds is 21. The third kappa shape index (κ3) is 14.5. The summed E-state index contributed by atoms with van der Waals surface area (Å²) in [6.45, 7) is 7.23. The molecule has 1 aromatic rings. The minimum absolute atomic E-state index is 0.0106. The number of carbonyl (C=O) groups excluding carboxylic acids is 3. The van der Waals surface area contributed by atoms with Gasteiger partial charge in [-0.1, -0.05) is 76.3 Å². The quantitative estimate of drug-likeness (QED) is 0.151. The second-order valence-electron chi connectivity index (χ2n) is 12.9. The van der Waals surface area contributed by atoms with Crippen LogP contribution in [0.3, 0.4) is 0 Å². The summed E-state index contributed by atoms with van der Waals surface area (Å²) in [7, 11) is 1.75. The van der Waals surface area contributed by atoms with E-state index in [0.717, 1.165) is 50.9 Å². The van der Waals surface area contributed by atoms with Crippen LogP contribution in [0.2, 0.25) is 0 Å². The van der Waals surface area contributed by atoms with Gasteiger partial charge in [0.25, 0.3) is 0 Å². The maximum absolute atomic E-state index is 13.9. The van der Waals surface area contributed by atoms with E-state index in [9.17, 15) is 24.6 Å².